The molecule has 0 saturated carbocycles. The van der Waals surface area contributed by atoms with Crippen molar-refractivity contribution in [2.45, 2.75) is 19.8 Å². The summed E-state index contributed by atoms with van der Waals surface area (Å²) in [6, 6.07) is 14.4. The summed E-state index contributed by atoms with van der Waals surface area (Å²) in [6.45, 7) is 1.96. The minimum atomic E-state index is -0.264. The Hall–Kier alpha value is -2.00. The number of carbonyl (C=O) groups excluding carboxylic acids is 2. The SMILES string of the molecule is CCCC(=O)Nc1ccc(NC(=S)NC(=O)c2cccc(I)c2)cc1. The van der Waals surface area contributed by atoms with Crippen LogP contribution in [0.25, 0.3) is 0 Å². The van der Waals surface area contributed by atoms with Crippen LogP contribution in [0, 0.1) is 3.57 Å². The molecule has 0 aliphatic heterocycles. The predicted octanol–water partition coefficient (Wildman–Crippen LogP) is 4.16. The van der Waals surface area contributed by atoms with Crippen molar-refractivity contribution in [3.63, 3.8) is 0 Å². The molecule has 0 aliphatic rings. The summed E-state index contributed by atoms with van der Waals surface area (Å²) in [5.41, 5.74) is 1.99. The highest BCUT2D eigenvalue weighted by atomic mass is 127. The second-order valence-corrected chi connectivity index (χ2v) is 6.95. The molecular formula is C18H18IN3O2S. The summed E-state index contributed by atoms with van der Waals surface area (Å²) in [4.78, 5) is 23.7. The minimum absolute atomic E-state index is 0.0107. The lowest BCUT2D eigenvalue weighted by atomic mass is 10.2. The van der Waals surface area contributed by atoms with Crippen LogP contribution in [0.4, 0.5) is 11.4 Å². The minimum Gasteiger partial charge on any atom is -0.332 e. The van der Waals surface area contributed by atoms with Crippen LogP contribution in [0.2, 0.25) is 0 Å². The lowest BCUT2D eigenvalue weighted by Gasteiger charge is -2.11. The Morgan fingerprint density at radius 2 is 1.68 bits per heavy atom. The van der Waals surface area contributed by atoms with E-state index in [1.54, 1.807) is 36.4 Å². The van der Waals surface area contributed by atoms with Gasteiger partial charge in [-0.3, -0.25) is 14.9 Å². The number of carbonyl (C=O) groups is 2. The Bertz CT molecular complexity index is 778. The maximum absolute atomic E-state index is 12.1. The number of halogens is 1. The standard InChI is InChI=1S/C18H18IN3O2S/c1-2-4-16(23)20-14-7-9-15(10-8-14)21-18(25)22-17(24)12-5-3-6-13(19)11-12/h3,5-11H,2,4H2,1H3,(H,20,23)(H2,21,22,24,25). The van der Waals surface area contributed by atoms with E-state index in [1.807, 2.05) is 19.1 Å². The molecule has 0 unspecified atom stereocenters. The van der Waals surface area contributed by atoms with Gasteiger partial charge in [0.05, 0.1) is 0 Å². The van der Waals surface area contributed by atoms with Gasteiger partial charge in [-0.1, -0.05) is 13.0 Å². The fourth-order valence-electron chi connectivity index (χ4n) is 2.05. The molecule has 0 fully saturated rings. The van der Waals surface area contributed by atoms with Crippen molar-refractivity contribution >= 4 is 63.1 Å². The molecule has 25 heavy (non-hydrogen) atoms. The monoisotopic (exact) mass is 467 g/mol. The Balaban J connectivity index is 1.90. The van der Waals surface area contributed by atoms with Crippen LogP contribution in [0.5, 0.6) is 0 Å². The molecule has 5 nitrogen and oxygen atoms in total. The molecule has 0 spiro atoms. The Morgan fingerprint density at radius 1 is 1.04 bits per heavy atom. The summed E-state index contributed by atoms with van der Waals surface area (Å²) in [5, 5.41) is 8.62. The fraction of sp³-hybridized carbons (Fsp3) is 0.167. The number of amides is 2. The van der Waals surface area contributed by atoms with Crippen molar-refractivity contribution in [2.24, 2.45) is 0 Å². The Morgan fingerprint density at radius 3 is 2.28 bits per heavy atom. The van der Waals surface area contributed by atoms with Crippen LogP contribution >= 0.6 is 34.8 Å². The van der Waals surface area contributed by atoms with E-state index in [0.29, 0.717) is 12.0 Å². The molecule has 2 aromatic rings. The smallest absolute Gasteiger partial charge is 0.257 e. The zero-order valence-electron chi connectivity index (χ0n) is 13.6. The van der Waals surface area contributed by atoms with Crippen molar-refractivity contribution in [1.29, 1.82) is 0 Å². The number of thiocarbonyl (C=S) groups is 1. The third kappa shape index (κ3) is 6.43. The molecule has 2 rings (SSSR count). The maximum Gasteiger partial charge on any atom is 0.257 e. The van der Waals surface area contributed by atoms with Crippen molar-refractivity contribution in [2.75, 3.05) is 10.6 Å². The molecular weight excluding hydrogens is 449 g/mol. The average molecular weight is 467 g/mol. The van der Waals surface area contributed by atoms with Crippen LogP contribution in [-0.4, -0.2) is 16.9 Å². The summed E-state index contributed by atoms with van der Waals surface area (Å²) in [7, 11) is 0. The zero-order chi connectivity index (χ0) is 18.2. The summed E-state index contributed by atoms with van der Waals surface area (Å²) in [6.07, 6.45) is 1.30. The predicted molar refractivity (Wildman–Crippen MR) is 113 cm³/mol. The number of hydrogen-bond donors (Lipinski definition) is 3. The van der Waals surface area contributed by atoms with Gasteiger partial charge in [0.15, 0.2) is 5.11 Å². The number of nitrogens with one attached hydrogen (secondary N) is 3. The van der Waals surface area contributed by atoms with E-state index in [2.05, 4.69) is 38.5 Å². The van der Waals surface area contributed by atoms with Gasteiger partial charge in [-0.05, 0) is 83.7 Å². The second kappa shape index (κ2) is 9.47. The van der Waals surface area contributed by atoms with E-state index in [1.165, 1.54) is 0 Å². The highest BCUT2D eigenvalue weighted by molar-refractivity contribution is 14.1. The van der Waals surface area contributed by atoms with Crippen LogP contribution in [0.1, 0.15) is 30.1 Å². The van der Waals surface area contributed by atoms with Gasteiger partial charge in [0.2, 0.25) is 5.91 Å². The Labute approximate surface area is 165 Å². The van der Waals surface area contributed by atoms with E-state index in [-0.39, 0.29) is 16.9 Å². The molecule has 0 saturated heterocycles. The third-order valence-electron chi connectivity index (χ3n) is 3.22. The molecule has 2 aromatic carbocycles. The second-order valence-electron chi connectivity index (χ2n) is 5.29. The van der Waals surface area contributed by atoms with Crippen molar-refractivity contribution in [3.8, 4) is 0 Å². The number of rotatable bonds is 5. The fourth-order valence-corrected chi connectivity index (χ4v) is 2.81. The summed E-state index contributed by atoms with van der Waals surface area (Å²) < 4.78 is 0.977. The first kappa shape index (κ1) is 19.3. The largest absolute Gasteiger partial charge is 0.332 e. The first-order valence-electron chi connectivity index (χ1n) is 7.75. The van der Waals surface area contributed by atoms with E-state index in [9.17, 15) is 9.59 Å². The number of benzene rings is 2. The highest BCUT2D eigenvalue weighted by Gasteiger charge is 2.08. The molecule has 0 radical (unpaired) electrons. The average Bonchev–Trinajstić information content (AvgIpc) is 2.56. The van der Waals surface area contributed by atoms with Gasteiger partial charge in [0, 0.05) is 26.9 Å². The summed E-state index contributed by atoms with van der Waals surface area (Å²) >= 11 is 7.32. The van der Waals surface area contributed by atoms with Crippen molar-refractivity contribution in [3.05, 3.63) is 57.7 Å². The summed E-state index contributed by atoms with van der Waals surface area (Å²) in [5.74, 6) is -0.275. The van der Waals surface area contributed by atoms with E-state index >= 15 is 0 Å². The van der Waals surface area contributed by atoms with Crippen LogP contribution in [0.3, 0.4) is 0 Å². The third-order valence-corrected chi connectivity index (χ3v) is 4.09. The van der Waals surface area contributed by atoms with Gasteiger partial charge < -0.3 is 10.6 Å². The molecule has 7 heteroatoms. The number of anilines is 2. The molecule has 0 bridgehead atoms. The molecule has 0 aromatic heterocycles. The molecule has 0 atom stereocenters. The van der Waals surface area contributed by atoms with Gasteiger partial charge in [-0.25, -0.2) is 0 Å². The van der Waals surface area contributed by atoms with Crippen LogP contribution < -0.4 is 16.0 Å². The topological polar surface area (TPSA) is 70.2 Å². The lowest BCUT2D eigenvalue weighted by molar-refractivity contribution is -0.116. The molecule has 0 heterocycles. The van der Waals surface area contributed by atoms with E-state index < -0.39 is 0 Å². The Kier molecular flexibility index (Phi) is 7.32. The first-order valence-corrected chi connectivity index (χ1v) is 9.24. The van der Waals surface area contributed by atoms with Gasteiger partial charge in [-0.15, -0.1) is 0 Å². The van der Waals surface area contributed by atoms with Gasteiger partial charge in [-0.2, -0.15) is 0 Å². The van der Waals surface area contributed by atoms with Gasteiger partial charge in [0.25, 0.3) is 5.91 Å². The van der Waals surface area contributed by atoms with Gasteiger partial charge in [0.1, 0.15) is 0 Å². The highest BCUT2D eigenvalue weighted by Crippen LogP contribution is 2.14. The normalized spacial score (nSPS) is 10.0. The van der Waals surface area contributed by atoms with E-state index in [4.69, 9.17) is 12.2 Å². The molecule has 2 amide bonds. The van der Waals surface area contributed by atoms with E-state index in [0.717, 1.165) is 21.4 Å². The first-order chi connectivity index (χ1) is 12.0. The van der Waals surface area contributed by atoms with Crippen LogP contribution in [-0.2, 0) is 4.79 Å². The van der Waals surface area contributed by atoms with Crippen molar-refractivity contribution in [1.82, 2.24) is 5.32 Å². The van der Waals surface area contributed by atoms with Crippen molar-refractivity contribution < 1.29 is 9.59 Å². The number of hydrogen-bond acceptors (Lipinski definition) is 3. The van der Waals surface area contributed by atoms with Crippen LogP contribution in [0.15, 0.2) is 48.5 Å². The zero-order valence-corrected chi connectivity index (χ0v) is 16.6. The molecule has 3 N–H and O–H groups in total. The van der Waals surface area contributed by atoms with Gasteiger partial charge >= 0.3 is 0 Å². The molecule has 0 aliphatic carbocycles. The lowest BCUT2D eigenvalue weighted by Crippen LogP contribution is -2.34. The molecule has 130 valence electrons. The maximum atomic E-state index is 12.1. The quantitative estimate of drug-likeness (QED) is 0.457.